The number of rotatable bonds is 7. The highest BCUT2D eigenvalue weighted by Gasteiger charge is 2.14. The van der Waals surface area contributed by atoms with Gasteiger partial charge in [-0.1, -0.05) is 48.0 Å². The van der Waals surface area contributed by atoms with Gasteiger partial charge in [0.25, 0.3) is 0 Å². The van der Waals surface area contributed by atoms with Crippen LogP contribution in [0.2, 0.25) is 0 Å². The second kappa shape index (κ2) is 7.62. The number of benzene rings is 1. The van der Waals surface area contributed by atoms with E-state index in [9.17, 15) is 4.79 Å². The lowest BCUT2D eigenvalue weighted by molar-refractivity contribution is -0.121. The maximum absolute atomic E-state index is 12.0. The molecule has 1 rings (SSSR count). The van der Waals surface area contributed by atoms with E-state index in [1.54, 1.807) is 0 Å². The molecule has 0 aliphatic rings. The van der Waals surface area contributed by atoms with Crippen LogP contribution in [-0.4, -0.2) is 18.9 Å². The van der Waals surface area contributed by atoms with Crippen LogP contribution in [0.5, 0.6) is 0 Å². The number of Topliss-reactive ketones (excluding diaryl/α,β-unsaturated/α-hetero) is 1. The van der Waals surface area contributed by atoms with Crippen LogP contribution >= 0.6 is 15.9 Å². The third-order valence-corrected chi connectivity index (χ3v) is 3.65. The molecule has 0 heterocycles. The van der Waals surface area contributed by atoms with Gasteiger partial charge in [-0.05, 0) is 31.1 Å². The first-order valence-electron chi connectivity index (χ1n) is 6.12. The van der Waals surface area contributed by atoms with Crippen molar-refractivity contribution in [2.45, 2.75) is 26.7 Å². The summed E-state index contributed by atoms with van der Waals surface area (Å²) < 4.78 is 1.02. The third kappa shape index (κ3) is 5.00. The number of carbonyl (C=O) groups excluding carboxylic acids is 1. The van der Waals surface area contributed by atoms with Crippen LogP contribution in [-0.2, 0) is 11.2 Å². The number of nitrogens with one attached hydrogen (secondary N) is 1. The fourth-order valence-corrected chi connectivity index (χ4v) is 2.08. The SMILES string of the molecule is CCNCCC(C)C(=O)Cc1ccccc1Br. The minimum Gasteiger partial charge on any atom is -0.317 e. The van der Waals surface area contributed by atoms with E-state index in [-0.39, 0.29) is 5.92 Å². The number of halogens is 1. The first kappa shape index (κ1) is 14.4. The Morgan fingerprint density at radius 2 is 2.12 bits per heavy atom. The second-order valence-corrected chi connectivity index (χ2v) is 5.13. The number of hydrogen-bond donors (Lipinski definition) is 1. The van der Waals surface area contributed by atoms with Crippen molar-refractivity contribution < 1.29 is 4.79 Å². The van der Waals surface area contributed by atoms with Crippen LogP contribution in [0.4, 0.5) is 0 Å². The standard InChI is InChI=1S/C14H20BrNO/c1-3-16-9-8-11(2)14(17)10-12-6-4-5-7-13(12)15/h4-7,11,16H,3,8-10H2,1-2H3. The average Bonchev–Trinajstić information content (AvgIpc) is 2.32. The van der Waals surface area contributed by atoms with Crippen molar-refractivity contribution in [3.8, 4) is 0 Å². The largest absolute Gasteiger partial charge is 0.317 e. The van der Waals surface area contributed by atoms with E-state index in [0.717, 1.165) is 29.5 Å². The molecule has 0 saturated heterocycles. The van der Waals surface area contributed by atoms with E-state index in [2.05, 4.69) is 28.2 Å². The van der Waals surface area contributed by atoms with Crippen molar-refractivity contribution in [2.24, 2.45) is 5.92 Å². The van der Waals surface area contributed by atoms with E-state index in [1.165, 1.54) is 0 Å². The maximum atomic E-state index is 12.0. The van der Waals surface area contributed by atoms with Crippen molar-refractivity contribution in [1.29, 1.82) is 0 Å². The van der Waals surface area contributed by atoms with Crippen molar-refractivity contribution in [3.05, 3.63) is 34.3 Å². The molecule has 0 aliphatic heterocycles. The second-order valence-electron chi connectivity index (χ2n) is 4.28. The molecule has 0 spiro atoms. The first-order chi connectivity index (χ1) is 8.15. The molecule has 1 atom stereocenters. The van der Waals surface area contributed by atoms with Gasteiger partial charge in [-0.3, -0.25) is 4.79 Å². The van der Waals surface area contributed by atoms with Crippen LogP contribution < -0.4 is 5.32 Å². The predicted molar refractivity (Wildman–Crippen MR) is 75.2 cm³/mol. The molecule has 17 heavy (non-hydrogen) atoms. The molecule has 2 nitrogen and oxygen atoms in total. The maximum Gasteiger partial charge on any atom is 0.140 e. The number of ketones is 1. The van der Waals surface area contributed by atoms with Crippen LogP contribution in [0.25, 0.3) is 0 Å². The van der Waals surface area contributed by atoms with Gasteiger partial charge in [-0.25, -0.2) is 0 Å². The summed E-state index contributed by atoms with van der Waals surface area (Å²) in [5.41, 5.74) is 1.08. The number of carbonyl (C=O) groups is 1. The Morgan fingerprint density at radius 3 is 2.76 bits per heavy atom. The molecule has 0 radical (unpaired) electrons. The molecular formula is C14H20BrNO. The van der Waals surface area contributed by atoms with Gasteiger partial charge in [0, 0.05) is 16.8 Å². The van der Waals surface area contributed by atoms with Gasteiger partial charge < -0.3 is 5.32 Å². The Morgan fingerprint density at radius 1 is 1.41 bits per heavy atom. The number of hydrogen-bond acceptors (Lipinski definition) is 2. The van der Waals surface area contributed by atoms with E-state index in [1.807, 2.05) is 31.2 Å². The molecule has 0 saturated carbocycles. The quantitative estimate of drug-likeness (QED) is 0.783. The summed E-state index contributed by atoms with van der Waals surface area (Å²) in [6.07, 6.45) is 1.44. The molecule has 0 amide bonds. The molecule has 3 heteroatoms. The zero-order valence-corrected chi connectivity index (χ0v) is 12.1. The minimum atomic E-state index is 0.126. The van der Waals surface area contributed by atoms with Gasteiger partial charge in [0.1, 0.15) is 5.78 Å². The van der Waals surface area contributed by atoms with Gasteiger partial charge in [0.05, 0.1) is 0 Å². The van der Waals surface area contributed by atoms with Gasteiger partial charge in [0.15, 0.2) is 0 Å². The summed E-state index contributed by atoms with van der Waals surface area (Å²) in [7, 11) is 0. The monoisotopic (exact) mass is 297 g/mol. The average molecular weight is 298 g/mol. The van der Waals surface area contributed by atoms with Gasteiger partial charge in [0.2, 0.25) is 0 Å². The van der Waals surface area contributed by atoms with E-state index in [0.29, 0.717) is 12.2 Å². The normalized spacial score (nSPS) is 12.4. The fourth-order valence-electron chi connectivity index (χ4n) is 1.66. The van der Waals surface area contributed by atoms with Crippen molar-refractivity contribution in [2.75, 3.05) is 13.1 Å². The van der Waals surface area contributed by atoms with E-state index >= 15 is 0 Å². The summed E-state index contributed by atoms with van der Waals surface area (Å²) >= 11 is 3.47. The van der Waals surface area contributed by atoms with Crippen molar-refractivity contribution >= 4 is 21.7 Å². The highest BCUT2D eigenvalue weighted by molar-refractivity contribution is 9.10. The summed E-state index contributed by atoms with van der Waals surface area (Å²) in [4.78, 5) is 12.0. The molecule has 1 N–H and O–H groups in total. The van der Waals surface area contributed by atoms with Crippen molar-refractivity contribution in [3.63, 3.8) is 0 Å². The lowest BCUT2D eigenvalue weighted by Crippen LogP contribution is -2.21. The van der Waals surface area contributed by atoms with Crippen LogP contribution in [0.1, 0.15) is 25.8 Å². The topological polar surface area (TPSA) is 29.1 Å². The summed E-state index contributed by atoms with van der Waals surface area (Å²) in [6, 6.07) is 7.91. The highest BCUT2D eigenvalue weighted by atomic mass is 79.9. The molecular weight excluding hydrogens is 278 g/mol. The fraction of sp³-hybridized carbons (Fsp3) is 0.500. The summed E-state index contributed by atoms with van der Waals surface area (Å²) in [6.45, 7) is 5.97. The van der Waals surface area contributed by atoms with Crippen molar-refractivity contribution in [1.82, 2.24) is 5.32 Å². The molecule has 0 fully saturated rings. The molecule has 0 aromatic heterocycles. The lowest BCUT2D eigenvalue weighted by Gasteiger charge is -2.11. The minimum absolute atomic E-state index is 0.126. The Balaban J connectivity index is 2.46. The Bertz CT molecular complexity index is 365. The van der Waals surface area contributed by atoms with Crippen LogP contribution in [0.3, 0.4) is 0 Å². The zero-order valence-electron chi connectivity index (χ0n) is 10.5. The van der Waals surface area contributed by atoms with Gasteiger partial charge >= 0.3 is 0 Å². The molecule has 1 unspecified atom stereocenters. The zero-order chi connectivity index (χ0) is 12.7. The smallest absolute Gasteiger partial charge is 0.140 e. The van der Waals surface area contributed by atoms with Gasteiger partial charge in [-0.15, -0.1) is 0 Å². The van der Waals surface area contributed by atoms with Crippen LogP contribution in [0, 0.1) is 5.92 Å². The molecule has 0 bridgehead atoms. The Hall–Kier alpha value is -0.670. The first-order valence-corrected chi connectivity index (χ1v) is 6.91. The lowest BCUT2D eigenvalue weighted by atomic mass is 9.97. The molecule has 94 valence electrons. The molecule has 1 aromatic carbocycles. The highest BCUT2D eigenvalue weighted by Crippen LogP contribution is 2.18. The molecule has 0 aliphatic carbocycles. The van der Waals surface area contributed by atoms with E-state index < -0.39 is 0 Å². The summed E-state index contributed by atoms with van der Waals surface area (Å²) in [5, 5.41) is 3.25. The van der Waals surface area contributed by atoms with E-state index in [4.69, 9.17) is 0 Å². The third-order valence-electron chi connectivity index (χ3n) is 2.88. The van der Waals surface area contributed by atoms with Gasteiger partial charge in [-0.2, -0.15) is 0 Å². The summed E-state index contributed by atoms with van der Waals surface area (Å²) in [5.74, 6) is 0.441. The predicted octanol–water partition coefficient (Wildman–Crippen LogP) is 3.20. The Labute approximate surface area is 112 Å². The van der Waals surface area contributed by atoms with Crippen LogP contribution in [0.15, 0.2) is 28.7 Å². The Kier molecular flexibility index (Phi) is 6.45. The molecule has 1 aromatic rings.